The van der Waals surface area contributed by atoms with Gasteiger partial charge < -0.3 is 10.6 Å². The van der Waals surface area contributed by atoms with E-state index in [-0.39, 0.29) is 17.7 Å². The van der Waals surface area contributed by atoms with Gasteiger partial charge in [-0.15, -0.1) is 0 Å². The molecular weight excluding hydrogens is 260 g/mol. The Morgan fingerprint density at radius 3 is 2.47 bits per heavy atom. The summed E-state index contributed by atoms with van der Waals surface area (Å²) < 4.78 is 0. The average molecular weight is 286 g/mol. The zero-order valence-corrected chi connectivity index (χ0v) is 12.9. The molecule has 0 aromatic rings. The Bertz CT molecular complexity index is 304. The zero-order valence-electron chi connectivity index (χ0n) is 12.1. The number of thioether (sulfide) groups is 1. The van der Waals surface area contributed by atoms with E-state index in [9.17, 15) is 9.59 Å². The van der Waals surface area contributed by atoms with E-state index in [0.29, 0.717) is 12.5 Å². The van der Waals surface area contributed by atoms with Gasteiger partial charge in [-0.25, -0.2) is 0 Å². The Labute approximate surface area is 120 Å². The van der Waals surface area contributed by atoms with Crippen LogP contribution in [0.3, 0.4) is 0 Å². The molecule has 1 saturated carbocycles. The van der Waals surface area contributed by atoms with Gasteiger partial charge in [0.25, 0.3) is 0 Å². The lowest BCUT2D eigenvalue weighted by Crippen LogP contribution is -2.43. The summed E-state index contributed by atoms with van der Waals surface area (Å²) >= 11 is 1.51. The van der Waals surface area contributed by atoms with Gasteiger partial charge in [0, 0.05) is 6.54 Å². The molecule has 0 aromatic carbocycles. The SMILES string of the molecule is CSC(C)C(=O)N(CCC1CCCCC1)CC(N)=O. The first kappa shape index (κ1) is 16.3. The molecule has 1 fully saturated rings. The Morgan fingerprint density at radius 1 is 1.32 bits per heavy atom. The zero-order chi connectivity index (χ0) is 14.3. The number of hydrogen-bond acceptors (Lipinski definition) is 3. The normalized spacial score (nSPS) is 18.0. The molecule has 1 rings (SSSR count). The highest BCUT2D eigenvalue weighted by atomic mass is 32.2. The topological polar surface area (TPSA) is 63.4 Å². The van der Waals surface area contributed by atoms with Gasteiger partial charge in [-0.2, -0.15) is 11.8 Å². The standard InChI is InChI=1S/C14H26N2O2S/c1-11(19-2)14(18)16(10-13(15)17)9-8-12-6-4-3-5-7-12/h11-12H,3-10H2,1-2H3,(H2,15,17). The number of amides is 2. The molecule has 0 aliphatic heterocycles. The fourth-order valence-electron chi connectivity index (χ4n) is 2.63. The molecule has 110 valence electrons. The van der Waals surface area contributed by atoms with Crippen LogP contribution >= 0.6 is 11.8 Å². The summed E-state index contributed by atoms with van der Waals surface area (Å²) in [6.45, 7) is 2.59. The van der Waals surface area contributed by atoms with Crippen molar-refractivity contribution in [1.29, 1.82) is 0 Å². The van der Waals surface area contributed by atoms with Crippen molar-refractivity contribution in [2.45, 2.75) is 50.7 Å². The first-order chi connectivity index (χ1) is 9.04. The maximum absolute atomic E-state index is 12.2. The highest BCUT2D eigenvalue weighted by Gasteiger charge is 2.22. The van der Waals surface area contributed by atoms with Crippen LogP contribution in [0, 0.1) is 5.92 Å². The van der Waals surface area contributed by atoms with E-state index in [1.165, 1.54) is 43.9 Å². The van der Waals surface area contributed by atoms with Crippen LogP contribution in [-0.2, 0) is 9.59 Å². The van der Waals surface area contributed by atoms with Crippen molar-refractivity contribution in [2.24, 2.45) is 11.7 Å². The molecule has 1 aliphatic carbocycles. The van der Waals surface area contributed by atoms with Crippen LogP contribution in [0.1, 0.15) is 45.4 Å². The Hall–Kier alpha value is -0.710. The maximum Gasteiger partial charge on any atom is 0.237 e. The molecule has 0 aromatic heterocycles. The van der Waals surface area contributed by atoms with E-state index < -0.39 is 5.91 Å². The van der Waals surface area contributed by atoms with Gasteiger partial charge in [0.2, 0.25) is 11.8 Å². The molecule has 0 bridgehead atoms. The van der Waals surface area contributed by atoms with Gasteiger partial charge in [-0.1, -0.05) is 32.1 Å². The van der Waals surface area contributed by atoms with E-state index in [1.54, 1.807) is 4.90 Å². The number of nitrogens with two attached hydrogens (primary N) is 1. The third-order valence-electron chi connectivity index (χ3n) is 3.89. The van der Waals surface area contributed by atoms with Gasteiger partial charge in [0.15, 0.2) is 0 Å². The minimum Gasteiger partial charge on any atom is -0.368 e. The fraction of sp³-hybridized carbons (Fsp3) is 0.857. The van der Waals surface area contributed by atoms with Crippen molar-refractivity contribution in [3.63, 3.8) is 0 Å². The largest absolute Gasteiger partial charge is 0.368 e. The summed E-state index contributed by atoms with van der Waals surface area (Å²) in [6.07, 6.45) is 9.37. The lowest BCUT2D eigenvalue weighted by Gasteiger charge is -2.27. The van der Waals surface area contributed by atoms with Crippen molar-refractivity contribution in [1.82, 2.24) is 4.90 Å². The van der Waals surface area contributed by atoms with Crippen molar-refractivity contribution in [3.05, 3.63) is 0 Å². The second-order valence-corrected chi connectivity index (χ2v) is 6.58. The van der Waals surface area contributed by atoms with Crippen molar-refractivity contribution in [3.8, 4) is 0 Å². The van der Waals surface area contributed by atoms with Gasteiger partial charge in [-0.3, -0.25) is 9.59 Å². The molecule has 19 heavy (non-hydrogen) atoms. The maximum atomic E-state index is 12.2. The van der Waals surface area contributed by atoms with Crippen LogP contribution in [0.25, 0.3) is 0 Å². The summed E-state index contributed by atoms with van der Waals surface area (Å²) in [5.74, 6) is 0.314. The van der Waals surface area contributed by atoms with Crippen LogP contribution in [-0.4, -0.2) is 41.3 Å². The summed E-state index contributed by atoms with van der Waals surface area (Å²) in [7, 11) is 0. The molecule has 2 amide bonds. The second kappa shape index (κ2) is 8.46. The van der Waals surface area contributed by atoms with Crippen LogP contribution in [0.15, 0.2) is 0 Å². The summed E-state index contributed by atoms with van der Waals surface area (Å²) in [5, 5.41) is -0.106. The minimum atomic E-state index is -0.426. The van der Waals surface area contributed by atoms with E-state index in [4.69, 9.17) is 5.73 Å². The predicted molar refractivity (Wildman–Crippen MR) is 79.9 cm³/mol. The average Bonchev–Trinajstić information content (AvgIpc) is 2.42. The van der Waals surface area contributed by atoms with Crippen LogP contribution < -0.4 is 5.73 Å². The van der Waals surface area contributed by atoms with Crippen molar-refractivity contribution >= 4 is 23.6 Å². The predicted octanol–water partition coefficient (Wildman–Crippen LogP) is 2.02. The monoisotopic (exact) mass is 286 g/mol. The molecule has 0 spiro atoms. The summed E-state index contributed by atoms with van der Waals surface area (Å²) in [4.78, 5) is 24.9. The Balaban J connectivity index is 2.48. The Morgan fingerprint density at radius 2 is 1.95 bits per heavy atom. The number of hydrogen-bond donors (Lipinski definition) is 1. The second-order valence-electron chi connectivity index (χ2n) is 5.40. The molecule has 1 atom stereocenters. The summed E-state index contributed by atoms with van der Waals surface area (Å²) in [6, 6.07) is 0. The molecule has 0 radical (unpaired) electrons. The van der Waals surface area contributed by atoms with Gasteiger partial charge in [0.05, 0.1) is 11.8 Å². The van der Waals surface area contributed by atoms with Gasteiger partial charge in [0.1, 0.15) is 0 Å². The minimum absolute atomic E-state index is 0.0297. The number of carbonyl (C=O) groups is 2. The lowest BCUT2D eigenvalue weighted by atomic mass is 9.87. The summed E-state index contributed by atoms with van der Waals surface area (Å²) in [5.41, 5.74) is 5.24. The first-order valence-corrected chi connectivity index (χ1v) is 8.43. The Kier molecular flexibility index (Phi) is 7.28. The number of nitrogens with zero attached hydrogens (tertiary/aromatic N) is 1. The van der Waals surface area contributed by atoms with Crippen LogP contribution in [0.4, 0.5) is 0 Å². The van der Waals surface area contributed by atoms with E-state index in [0.717, 1.165) is 6.42 Å². The smallest absolute Gasteiger partial charge is 0.237 e. The molecule has 4 nitrogen and oxygen atoms in total. The highest BCUT2D eigenvalue weighted by Crippen LogP contribution is 2.26. The molecule has 1 aliphatic rings. The number of primary amides is 1. The van der Waals surface area contributed by atoms with Crippen molar-refractivity contribution < 1.29 is 9.59 Å². The highest BCUT2D eigenvalue weighted by molar-refractivity contribution is 7.99. The molecule has 5 heteroatoms. The van der Waals surface area contributed by atoms with Crippen LogP contribution in [0.5, 0.6) is 0 Å². The number of rotatable bonds is 7. The molecule has 0 saturated heterocycles. The molecule has 1 unspecified atom stereocenters. The third-order valence-corrected chi connectivity index (χ3v) is 4.80. The van der Waals surface area contributed by atoms with E-state index in [1.807, 2.05) is 13.2 Å². The van der Waals surface area contributed by atoms with Crippen LogP contribution in [0.2, 0.25) is 0 Å². The van der Waals surface area contributed by atoms with E-state index >= 15 is 0 Å². The van der Waals surface area contributed by atoms with E-state index in [2.05, 4.69) is 0 Å². The first-order valence-electron chi connectivity index (χ1n) is 7.14. The third kappa shape index (κ3) is 5.85. The lowest BCUT2D eigenvalue weighted by molar-refractivity contribution is -0.134. The number of carbonyl (C=O) groups excluding carboxylic acids is 2. The quantitative estimate of drug-likeness (QED) is 0.779. The van der Waals surface area contributed by atoms with Gasteiger partial charge >= 0.3 is 0 Å². The molecule has 0 heterocycles. The molecule has 2 N–H and O–H groups in total. The molecular formula is C14H26N2O2S. The van der Waals surface area contributed by atoms with Crippen molar-refractivity contribution in [2.75, 3.05) is 19.3 Å². The fourth-order valence-corrected chi connectivity index (χ4v) is 2.98. The van der Waals surface area contributed by atoms with Gasteiger partial charge in [-0.05, 0) is 25.5 Å².